The van der Waals surface area contributed by atoms with Crippen LogP contribution in [-0.4, -0.2) is 38.8 Å². The minimum atomic E-state index is -0.176. The summed E-state index contributed by atoms with van der Waals surface area (Å²) in [5.74, 6) is 0. The van der Waals surface area contributed by atoms with Gasteiger partial charge in [-0.15, -0.1) is 0 Å². The molecule has 4 nitrogen and oxygen atoms in total. The molecule has 1 heterocycles. The second-order valence-corrected chi connectivity index (χ2v) is 3.09. The summed E-state index contributed by atoms with van der Waals surface area (Å²) in [7, 11) is 3.29. The molecule has 1 fully saturated rings. The Morgan fingerprint density at radius 3 is 2.50 bits per heavy atom. The number of hydrogen-bond donors (Lipinski definition) is 1. The van der Waals surface area contributed by atoms with Crippen LogP contribution < -0.4 is 5.73 Å². The molecule has 1 unspecified atom stereocenters. The van der Waals surface area contributed by atoms with Crippen LogP contribution >= 0.6 is 0 Å². The first kappa shape index (κ1) is 9.92. The van der Waals surface area contributed by atoms with Gasteiger partial charge in [-0.25, -0.2) is 0 Å². The molecular formula is C8H17NO3. The Morgan fingerprint density at radius 2 is 2.00 bits per heavy atom. The van der Waals surface area contributed by atoms with Crippen LogP contribution in [0.5, 0.6) is 0 Å². The zero-order chi connectivity index (χ0) is 9.14. The van der Waals surface area contributed by atoms with Gasteiger partial charge in [0.05, 0.1) is 18.2 Å². The van der Waals surface area contributed by atoms with E-state index in [-0.39, 0.29) is 24.5 Å². The van der Waals surface area contributed by atoms with Crippen LogP contribution in [0, 0.1) is 0 Å². The molecule has 0 spiro atoms. The van der Waals surface area contributed by atoms with Gasteiger partial charge in [0.1, 0.15) is 0 Å². The first-order valence-electron chi connectivity index (χ1n) is 4.15. The lowest BCUT2D eigenvalue weighted by Gasteiger charge is -2.37. The van der Waals surface area contributed by atoms with Crippen LogP contribution in [-0.2, 0) is 14.2 Å². The van der Waals surface area contributed by atoms with E-state index in [1.54, 1.807) is 14.2 Å². The lowest BCUT2D eigenvalue weighted by Crippen LogP contribution is -2.53. The second-order valence-electron chi connectivity index (χ2n) is 3.09. The third-order valence-electron chi connectivity index (χ3n) is 2.33. The Balaban J connectivity index is 2.52. The Hall–Kier alpha value is -0.160. The zero-order valence-corrected chi connectivity index (χ0v) is 7.82. The first-order valence-corrected chi connectivity index (χ1v) is 4.15. The predicted molar refractivity (Wildman–Crippen MR) is 44.7 cm³/mol. The molecule has 1 saturated heterocycles. The van der Waals surface area contributed by atoms with E-state index in [1.165, 1.54) is 0 Å². The molecule has 1 aliphatic heterocycles. The van der Waals surface area contributed by atoms with Crippen molar-refractivity contribution in [3.8, 4) is 0 Å². The van der Waals surface area contributed by atoms with Crippen molar-refractivity contribution in [1.29, 1.82) is 0 Å². The van der Waals surface area contributed by atoms with Crippen molar-refractivity contribution in [1.82, 2.24) is 0 Å². The van der Waals surface area contributed by atoms with Crippen LogP contribution in [0.25, 0.3) is 0 Å². The van der Waals surface area contributed by atoms with Crippen molar-refractivity contribution in [2.24, 2.45) is 5.73 Å². The molecule has 4 heteroatoms. The van der Waals surface area contributed by atoms with Crippen molar-refractivity contribution in [2.75, 3.05) is 14.2 Å². The average Bonchev–Trinajstić information content (AvgIpc) is 2.09. The van der Waals surface area contributed by atoms with Gasteiger partial charge in [0.15, 0.2) is 6.29 Å². The van der Waals surface area contributed by atoms with E-state index >= 15 is 0 Å². The fraction of sp³-hybridized carbons (Fsp3) is 1.00. The minimum absolute atomic E-state index is 0.00588. The summed E-state index contributed by atoms with van der Waals surface area (Å²) in [5.41, 5.74) is 5.84. The largest absolute Gasteiger partial charge is 0.380 e. The van der Waals surface area contributed by atoms with E-state index in [4.69, 9.17) is 19.9 Å². The summed E-state index contributed by atoms with van der Waals surface area (Å²) in [4.78, 5) is 0. The zero-order valence-electron chi connectivity index (χ0n) is 7.82. The van der Waals surface area contributed by atoms with Crippen LogP contribution in [0.3, 0.4) is 0 Å². The number of ether oxygens (including phenoxy) is 3. The predicted octanol–water partition coefficient (Wildman–Crippen LogP) is 0.110. The van der Waals surface area contributed by atoms with Gasteiger partial charge >= 0.3 is 0 Å². The van der Waals surface area contributed by atoms with Gasteiger partial charge in [0.2, 0.25) is 0 Å². The lowest BCUT2D eigenvalue weighted by atomic mass is 10.0. The summed E-state index contributed by atoms with van der Waals surface area (Å²) in [6.45, 7) is 1.93. The van der Waals surface area contributed by atoms with Gasteiger partial charge < -0.3 is 19.9 Å². The molecule has 72 valence electrons. The Kier molecular flexibility index (Phi) is 3.46. The summed E-state index contributed by atoms with van der Waals surface area (Å²) >= 11 is 0. The van der Waals surface area contributed by atoms with Crippen LogP contribution in [0.1, 0.15) is 13.3 Å². The molecule has 0 aliphatic carbocycles. The smallest absolute Gasteiger partial charge is 0.160 e. The third kappa shape index (κ3) is 1.95. The van der Waals surface area contributed by atoms with Crippen LogP contribution in [0.15, 0.2) is 0 Å². The quantitative estimate of drug-likeness (QED) is 0.647. The van der Waals surface area contributed by atoms with Gasteiger partial charge in [0, 0.05) is 20.6 Å². The SMILES string of the molecule is COC1C[C@@H](OC)[C@H](N)[C@@H](C)O1. The molecule has 0 saturated carbocycles. The van der Waals surface area contributed by atoms with Crippen LogP contribution in [0.2, 0.25) is 0 Å². The van der Waals surface area contributed by atoms with Crippen molar-refractivity contribution in [3.63, 3.8) is 0 Å². The fourth-order valence-electron chi connectivity index (χ4n) is 1.44. The highest BCUT2D eigenvalue weighted by atomic mass is 16.7. The summed E-state index contributed by atoms with van der Waals surface area (Å²) < 4.78 is 15.8. The standard InChI is InChI=1S/C8H17NO3/c1-5-8(9)6(10-2)4-7(11-3)12-5/h5-8H,4,9H2,1-3H3/t5-,6-,7?,8-/m1/s1. The first-order chi connectivity index (χ1) is 5.69. The Bertz CT molecular complexity index is 142. The molecule has 1 aliphatic rings. The van der Waals surface area contributed by atoms with E-state index < -0.39 is 0 Å². The molecule has 1 rings (SSSR count). The summed E-state index contributed by atoms with van der Waals surface area (Å²) in [6, 6.07) is -0.0543. The highest BCUT2D eigenvalue weighted by Crippen LogP contribution is 2.20. The lowest BCUT2D eigenvalue weighted by molar-refractivity contribution is -0.209. The maximum absolute atomic E-state index is 5.84. The fourth-order valence-corrected chi connectivity index (χ4v) is 1.44. The molecule has 4 atom stereocenters. The van der Waals surface area contributed by atoms with Crippen molar-refractivity contribution >= 4 is 0 Å². The van der Waals surface area contributed by atoms with Gasteiger partial charge in [-0.1, -0.05) is 0 Å². The van der Waals surface area contributed by atoms with E-state index in [0.29, 0.717) is 6.42 Å². The van der Waals surface area contributed by atoms with E-state index in [0.717, 1.165) is 0 Å². The second kappa shape index (κ2) is 4.18. The summed E-state index contributed by atoms with van der Waals surface area (Å²) in [6.07, 6.45) is 0.565. The number of methoxy groups -OCH3 is 2. The minimum Gasteiger partial charge on any atom is -0.380 e. The molecule has 0 aromatic heterocycles. The highest BCUT2D eigenvalue weighted by Gasteiger charge is 2.33. The van der Waals surface area contributed by atoms with E-state index in [2.05, 4.69) is 0 Å². The van der Waals surface area contributed by atoms with E-state index in [1.807, 2.05) is 6.92 Å². The average molecular weight is 175 g/mol. The molecule has 0 amide bonds. The van der Waals surface area contributed by atoms with Gasteiger partial charge in [-0.3, -0.25) is 0 Å². The van der Waals surface area contributed by atoms with Crippen molar-refractivity contribution in [3.05, 3.63) is 0 Å². The van der Waals surface area contributed by atoms with Gasteiger partial charge in [0.25, 0.3) is 0 Å². The number of rotatable bonds is 2. The third-order valence-corrected chi connectivity index (χ3v) is 2.33. The topological polar surface area (TPSA) is 53.7 Å². The Labute approximate surface area is 73.0 Å². The van der Waals surface area contributed by atoms with Crippen LogP contribution in [0.4, 0.5) is 0 Å². The van der Waals surface area contributed by atoms with E-state index in [9.17, 15) is 0 Å². The van der Waals surface area contributed by atoms with Gasteiger partial charge in [-0.2, -0.15) is 0 Å². The maximum atomic E-state index is 5.84. The highest BCUT2D eigenvalue weighted by molar-refractivity contribution is 4.84. The van der Waals surface area contributed by atoms with Crippen molar-refractivity contribution in [2.45, 2.75) is 37.9 Å². The Morgan fingerprint density at radius 1 is 1.33 bits per heavy atom. The molecule has 0 radical (unpaired) electrons. The molecule has 0 bridgehead atoms. The number of nitrogens with two attached hydrogens (primary N) is 1. The molecular weight excluding hydrogens is 158 g/mol. The van der Waals surface area contributed by atoms with Gasteiger partial charge in [-0.05, 0) is 6.92 Å². The summed E-state index contributed by atoms with van der Waals surface area (Å²) in [5, 5.41) is 0. The molecule has 12 heavy (non-hydrogen) atoms. The monoisotopic (exact) mass is 175 g/mol. The number of hydrogen-bond acceptors (Lipinski definition) is 4. The normalized spacial score (nSPS) is 43.0. The molecule has 0 aromatic rings. The maximum Gasteiger partial charge on any atom is 0.160 e. The molecule has 2 N–H and O–H groups in total. The van der Waals surface area contributed by atoms with Crippen molar-refractivity contribution < 1.29 is 14.2 Å². The molecule has 0 aromatic carbocycles.